The number of ether oxygens (including phenoxy) is 2. The first-order valence-corrected chi connectivity index (χ1v) is 12.0. The second kappa shape index (κ2) is 7.99. The zero-order valence-electron chi connectivity index (χ0n) is 16.8. The van der Waals surface area contributed by atoms with Gasteiger partial charge in [0.2, 0.25) is 0 Å². The average molecular weight is 472 g/mol. The number of fused-ring (bicyclic) bond motifs is 3. The second-order valence-corrected chi connectivity index (χ2v) is 9.84. The van der Waals surface area contributed by atoms with Crippen LogP contribution in [0.1, 0.15) is 16.1 Å². The third kappa shape index (κ3) is 3.96. The molecule has 0 radical (unpaired) electrons. The highest BCUT2D eigenvalue weighted by Gasteiger charge is 2.33. The van der Waals surface area contributed by atoms with E-state index in [4.69, 9.17) is 14.0 Å². The summed E-state index contributed by atoms with van der Waals surface area (Å²) in [7, 11) is -1.83. The SMILES string of the molecule is COc1ccc(-c2cc(COC(=O)c3ccc4c(c3)SC3=NS(=O)(=O)CCN34)on2)cc1. The Labute approximate surface area is 188 Å². The molecule has 3 heterocycles. The average Bonchev–Trinajstić information content (AvgIpc) is 3.40. The number of hydrogen-bond acceptors (Lipinski definition) is 9. The Morgan fingerprint density at radius 3 is 2.78 bits per heavy atom. The van der Waals surface area contributed by atoms with E-state index in [1.54, 1.807) is 31.4 Å². The molecule has 0 saturated heterocycles. The first-order chi connectivity index (χ1) is 15.4. The Bertz CT molecular complexity index is 1330. The van der Waals surface area contributed by atoms with Gasteiger partial charge in [-0.2, -0.15) is 0 Å². The molecule has 0 atom stereocenters. The van der Waals surface area contributed by atoms with Crippen molar-refractivity contribution in [3.63, 3.8) is 0 Å². The fourth-order valence-corrected chi connectivity index (χ4v) is 5.65. The Hall–Kier alpha value is -3.31. The summed E-state index contributed by atoms with van der Waals surface area (Å²) in [4.78, 5) is 15.1. The fraction of sp³-hybridized carbons (Fsp3) is 0.190. The van der Waals surface area contributed by atoms with Crippen molar-refractivity contribution in [2.45, 2.75) is 11.5 Å². The lowest BCUT2D eigenvalue weighted by Crippen LogP contribution is -2.35. The molecular formula is C21H17N3O6S2. The summed E-state index contributed by atoms with van der Waals surface area (Å²) in [6.07, 6.45) is 0. The quantitative estimate of drug-likeness (QED) is 0.517. The third-order valence-electron chi connectivity index (χ3n) is 5.00. The number of esters is 1. The molecule has 164 valence electrons. The van der Waals surface area contributed by atoms with E-state index in [0.717, 1.165) is 21.9 Å². The normalized spacial score (nSPS) is 16.2. The van der Waals surface area contributed by atoms with Crippen molar-refractivity contribution in [3.05, 3.63) is 59.9 Å². The highest BCUT2D eigenvalue weighted by atomic mass is 32.2. The van der Waals surface area contributed by atoms with Gasteiger partial charge in [-0.3, -0.25) is 0 Å². The lowest BCUT2D eigenvalue weighted by Gasteiger charge is -2.22. The first-order valence-electron chi connectivity index (χ1n) is 9.61. The van der Waals surface area contributed by atoms with Crippen LogP contribution in [0.4, 0.5) is 5.69 Å². The predicted octanol–water partition coefficient (Wildman–Crippen LogP) is 3.32. The van der Waals surface area contributed by atoms with Gasteiger partial charge in [-0.25, -0.2) is 13.2 Å². The zero-order chi connectivity index (χ0) is 22.3. The maximum atomic E-state index is 12.5. The van der Waals surface area contributed by atoms with Crippen LogP contribution >= 0.6 is 11.8 Å². The third-order valence-corrected chi connectivity index (χ3v) is 7.31. The number of methoxy groups -OCH3 is 1. The van der Waals surface area contributed by atoms with Crippen LogP contribution in [0.5, 0.6) is 5.75 Å². The van der Waals surface area contributed by atoms with E-state index >= 15 is 0 Å². The minimum Gasteiger partial charge on any atom is -0.497 e. The van der Waals surface area contributed by atoms with E-state index in [1.807, 2.05) is 29.2 Å². The fourth-order valence-electron chi connectivity index (χ4n) is 3.36. The minimum atomic E-state index is -3.43. The Morgan fingerprint density at radius 1 is 1.19 bits per heavy atom. The molecule has 11 heteroatoms. The van der Waals surface area contributed by atoms with E-state index in [9.17, 15) is 13.2 Å². The van der Waals surface area contributed by atoms with Gasteiger partial charge >= 0.3 is 5.97 Å². The Morgan fingerprint density at radius 2 is 2.00 bits per heavy atom. The number of hydrogen-bond donors (Lipinski definition) is 0. The number of amidine groups is 1. The Kier molecular flexibility index (Phi) is 5.14. The molecule has 0 N–H and O–H groups in total. The molecule has 0 bridgehead atoms. The molecule has 1 aromatic heterocycles. The largest absolute Gasteiger partial charge is 0.497 e. The van der Waals surface area contributed by atoms with Gasteiger partial charge in [-0.1, -0.05) is 5.16 Å². The van der Waals surface area contributed by atoms with Gasteiger partial charge in [0.15, 0.2) is 17.5 Å². The Balaban J connectivity index is 1.26. The molecule has 3 aromatic rings. The number of thioether (sulfide) groups is 1. The molecule has 2 aromatic carbocycles. The molecule has 0 fully saturated rings. The van der Waals surface area contributed by atoms with Crippen molar-refractivity contribution >= 4 is 38.6 Å². The van der Waals surface area contributed by atoms with E-state index in [2.05, 4.69) is 9.55 Å². The number of carbonyl (C=O) groups is 1. The van der Waals surface area contributed by atoms with Crippen molar-refractivity contribution in [1.29, 1.82) is 0 Å². The molecule has 0 saturated carbocycles. The van der Waals surface area contributed by atoms with Crippen LogP contribution in [-0.2, 0) is 21.4 Å². The van der Waals surface area contributed by atoms with Gasteiger partial charge in [0.1, 0.15) is 11.4 Å². The van der Waals surface area contributed by atoms with Crippen molar-refractivity contribution < 1.29 is 27.2 Å². The minimum absolute atomic E-state index is 0.0318. The van der Waals surface area contributed by atoms with Crippen LogP contribution in [0.3, 0.4) is 0 Å². The van der Waals surface area contributed by atoms with Crippen LogP contribution in [-0.4, -0.2) is 44.1 Å². The molecule has 0 aliphatic carbocycles. The second-order valence-electron chi connectivity index (χ2n) is 7.08. The maximum Gasteiger partial charge on any atom is 0.338 e. The molecule has 0 unspecified atom stereocenters. The van der Waals surface area contributed by atoms with Crippen molar-refractivity contribution in [1.82, 2.24) is 5.16 Å². The van der Waals surface area contributed by atoms with Gasteiger partial charge in [0, 0.05) is 23.1 Å². The summed E-state index contributed by atoms with van der Waals surface area (Å²) in [5, 5.41) is 4.42. The number of rotatable bonds is 5. The van der Waals surface area contributed by atoms with E-state index in [0.29, 0.717) is 28.7 Å². The summed E-state index contributed by atoms with van der Waals surface area (Å²) in [5.41, 5.74) is 2.66. The summed E-state index contributed by atoms with van der Waals surface area (Å²) in [6, 6.07) is 14.2. The number of anilines is 1. The smallest absolute Gasteiger partial charge is 0.338 e. The molecule has 5 rings (SSSR count). The van der Waals surface area contributed by atoms with Gasteiger partial charge in [0.25, 0.3) is 10.0 Å². The van der Waals surface area contributed by atoms with Gasteiger partial charge in [0.05, 0.1) is 24.1 Å². The lowest BCUT2D eigenvalue weighted by atomic mass is 10.1. The van der Waals surface area contributed by atoms with Crippen LogP contribution in [0, 0.1) is 0 Å². The van der Waals surface area contributed by atoms with Crippen molar-refractivity contribution in [3.8, 4) is 17.0 Å². The predicted molar refractivity (Wildman–Crippen MR) is 118 cm³/mol. The number of nitrogens with zero attached hydrogens (tertiary/aromatic N) is 3. The monoisotopic (exact) mass is 471 g/mol. The van der Waals surface area contributed by atoms with Gasteiger partial charge in [-0.15, -0.1) is 4.40 Å². The molecule has 0 spiro atoms. The van der Waals surface area contributed by atoms with Gasteiger partial charge < -0.3 is 18.9 Å². The first kappa shape index (κ1) is 20.6. The topological polar surface area (TPSA) is 111 Å². The number of sulfonamides is 1. The van der Waals surface area contributed by atoms with Crippen molar-refractivity contribution in [2.24, 2.45) is 4.40 Å². The van der Waals surface area contributed by atoms with Crippen LogP contribution in [0.15, 0.2) is 62.3 Å². The highest BCUT2D eigenvalue weighted by molar-refractivity contribution is 8.15. The maximum absolute atomic E-state index is 12.5. The number of benzene rings is 2. The molecule has 9 nitrogen and oxygen atoms in total. The summed E-state index contributed by atoms with van der Waals surface area (Å²) in [5.74, 6) is 0.603. The molecular weight excluding hydrogens is 454 g/mol. The summed E-state index contributed by atoms with van der Waals surface area (Å²) >= 11 is 1.22. The van der Waals surface area contributed by atoms with E-state index in [1.165, 1.54) is 11.8 Å². The van der Waals surface area contributed by atoms with E-state index < -0.39 is 16.0 Å². The summed E-state index contributed by atoms with van der Waals surface area (Å²) in [6.45, 7) is 0.274. The van der Waals surface area contributed by atoms with E-state index in [-0.39, 0.29) is 12.4 Å². The summed E-state index contributed by atoms with van der Waals surface area (Å²) < 4.78 is 43.1. The van der Waals surface area contributed by atoms with Crippen LogP contribution < -0.4 is 9.64 Å². The molecule has 2 aliphatic rings. The number of aromatic nitrogens is 1. The molecule has 32 heavy (non-hydrogen) atoms. The lowest BCUT2D eigenvalue weighted by molar-refractivity contribution is 0.0437. The standard InChI is InChI=1S/C21H17N3O6S2/c1-28-15-5-2-13(3-6-15)17-11-16(30-22-17)12-29-20(25)14-4-7-18-19(10-14)31-21-23-32(26,27)9-8-24(18)21/h2-7,10-11H,8-9,12H2,1H3. The molecule has 2 aliphatic heterocycles. The highest BCUT2D eigenvalue weighted by Crippen LogP contribution is 2.42. The number of carbonyl (C=O) groups excluding carboxylic acids is 1. The zero-order valence-corrected chi connectivity index (χ0v) is 18.5. The van der Waals surface area contributed by atoms with Crippen LogP contribution in [0.2, 0.25) is 0 Å². The molecule has 0 amide bonds. The van der Waals surface area contributed by atoms with Crippen LogP contribution in [0.25, 0.3) is 11.3 Å². The van der Waals surface area contributed by atoms with Crippen molar-refractivity contribution in [2.75, 3.05) is 24.3 Å². The van der Waals surface area contributed by atoms with Gasteiger partial charge in [-0.05, 0) is 54.2 Å².